The highest BCUT2D eigenvalue weighted by Gasteiger charge is 2.26. The monoisotopic (exact) mass is 438 g/mol. The van der Waals surface area contributed by atoms with Gasteiger partial charge in [-0.25, -0.2) is 4.79 Å². The lowest BCUT2D eigenvalue weighted by Crippen LogP contribution is -2.39. The first kappa shape index (κ1) is 23.8. The number of benzene rings is 2. The molecule has 2 aromatic rings. The fourth-order valence-electron chi connectivity index (χ4n) is 4.28. The van der Waals surface area contributed by atoms with Crippen LogP contribution in [0.5, 0.6) is 0 Å². The van der Waals surface area contributed by atoms with E-state index in [0.29, 0.717) is 12.5 Å². The molecule has 0 radical (unpaired) electrons. The van der Waals surface area contributed by atoms with Crippen molar-refractivity contribution in [1.29, 1.82) is 0 Å². The minimum absolute atomic E-state index is 0.309. The largest absolute Gasteiger partial charge is 0.443 e. The van der Waals surface area contributed by atoms with Crippen LogP contribution in [0.1, 0.15) is 51.2 Å². The summed E-state index contributed by atoms with van der Waals surface area (Å²) in [5.41, 5.74) is 17.2. The molecule has 1 saturated heterocycles. The Balaban J connectivity index is 1.64. The van der Waals surface area contributed by atoms with E-state index < -0.39 is 5.60 Å². The fourth-order valence-corrected chi connectivity index (χ4v) is 4.28. The normalized spacial score (nSPS) is 15.0. The lowest BCUT2D eigenvalue weighted by molar-refractivity contribution is 0.0578. The number of piperidine rings is 1. The topological polar surface area (TPSA) is 84.8 Å². The molecule has 0 atom stereocenters. The van der Waals surface area contributed by atoms with E-state index in [-0.39, 0.29) is 6.09 Å². The Labute approximate surface area is 192 Å². The van der Waals surface area contributed by atoms with Crippen molar-refractivity contribution in [3.63, 3.8) is 0 Å². The molecule has 3 rings (SSSR count). The van der Waals surface area contributed by atoms with E-state index in [9.17, 15) is 4.79 Å². The number of aryl methyl sites for hydroxylation is 2. The van der Waals surface area contributed by atoms with Crippen LogP contribution in [-0.4, -0.2) is 31.3 Å². The Morgan fingerprint density at radius 2 is 1.75 bits per heavy atom. The molecular formula is C26H38N4O2. The van der Waals surface area contributed by atoms with Gasteiger partial charge in [-0.3, -0.25) is 4.90 Å². The van der Waals surface area contributed by atoms with Gasteiger partial charge in [-0.1, -0.05) is 0 Å². The van der Waals surface area contributed by atoms with Crippen LogP contribution < -0.4 is 21.3 Å². The van der Waals surface area contributed by atoms with Crippen LogP contribution in [-0.2, 0) is 4.74 Å². The third-order valence-electron chi connectivity index (χ3n) is 6.12. The number of rotatable bonds is 5. The zero-order chi connectivity index (χ0) is 23.5. The summed E-state index contributed by atoms with van der Waals surface area (Å²) in [6, 6.07) is 11.9. The predicted molar refractivity (Wildman–Crippen MR) is 134 cm³/mol. The number of anilines is 4. The molecular weight excluding hydrogens is 400 g/mol. The number of amides is 1. The van der Waals surface area contributed by atoms with Crippen LogP contribution in [0.3, 0.4) is 0 Å². The van der Waals surface area contributed by atoms with E-state index >= 15 is 0 Å². The van der Waals surface area contributed by atoms with Crippen molar-refractivity contribution in [2.45, 2.75) is 59.5 Å². The van der Waals surface area contributed by atoms with Crippen LogP contribution in [0.4, 0.5) is 27.5 Å². The molecule has 1 aliphatic heterocycles. The van der Waals surface area contributed by atoms with E-state index in [2.05, 4.69) is 17.9 Å². The SMILES string of the molecule is Cc1cc(N(CCC2CCN(c3ccc(N)cc3C)CC2)C(=O)OC(C)(C)C)ccc1N. The summed E-state index contributed by atoms with van der Waals surface area (Å²) in [6.45, 7) is 12.4. The van der Waals surface area contributed by atoms with Crippen molar-refractivity contribution in [3.8, 4) is 0 Å². The Hall–Kier alpha value is -2.89. The number of nitrogens with two attached hydrogens (primary N) is 2. The summed E-state index contributed by atoms with van der Waals surface area (Å²) < 4.78 is 5.70. The van der Waals surface area contributed by atoms with Gasteiger partial charge in [-0.2, -0.15) is 0 Å². The molecule has 2 aromatic carbocycles. The number of ether oxygens (including phenoxy) is 1. The maximum atomic E-state index is 13.0. The van der Waals surface area contributed by atoms with E-state index in [1.54, 1.807) is 4.90 Å². The van der Waals surface area contributed by atoms with Gasteiger partial charge in [0.2, 0.25) is 0 Å². The molecule has 1 heterocycles. The highest BCUT2D eigenvalue weighted by atomic mass is 16.6. The van der Waals surface area contributed by atoms with Gasteiger partial charge in [0, 0.05) is 42.4 Å². The first-order valence-electron chi connectivity index (χ1n) is 11.5. The highest BCUT2D eigenvalue weighted by Crippen LogP contribution is 2.30. The number of carbonyl (C=O) groups is 1. The maximum absolute atomic E-state index is 13.0. The lowest BCUT2D eigenvalue weighted by atomic mass is 9.92. The average molecular weight is 439 g/mol. The first-order chi connectivity index (χ1) is 15.0. The van der Waals surface area contributed by atoms with Crippen LogP contribution in [0, 0.1) is 19.8 Å². The zero-order valence-corrected chi connectivity index (χ0v) is 20.1. The predicted octanol–water partition coefficient (Wildman–Crippen LogP) is 5.52. The highest BCUT2D eigenvalue weighted by molar-refractivity contribution is 5.88. The standard InChI is InChI=1S/C26H38N4O2/c1-18-17-22(7-8-23(18)28)30(25(31)32-26(3,4)5)15-12-20-10-13-29(14-11-20)24-9-6-21(27)16-19(24)2/h6-9,16-17,20H,10-15,27-28H2,1-5H3. The number of hydrogen-bond acceptors (Lipinski definition) is 5. The lowest BCUT2D eigenvalue weighted by Gasteiger charge is -2.35. The van der Waals surface area contributed by atoms with Crippen LogP contribution >= 0.6 is 0 Å². The van der Waals surface area contributed by atoms with Gasteiger partial charge in [0.05, 0.1) is 0 Å². The molecule has 174 valence electrons. The maximum Gasteiger partial charge on any atom is 0.414 e. The van der Waals surface area contributed by atoms with Gasteiger partial charge in [0.1, 0.15) is 5.60 Å². The Bertz CT molecular complexity index is 943. The van der Waals surface area contributed by atoms with Crippen LogP contribution in [0.2, 0.25) is 0 Å². The van der Waals surface area contributed by atoms with Gasteiger partial charge < -0.3 is 21.1 Å². The van der Waals surface area contributed by atoms with Crippen LogP contribution in [0.15, 0.2) is 36.4 Å². The molecule has 6 heteroatoms. The third kappa shape index (κ3) is 6.09. The summed E-state index contributed by atoms with van der Waals surface area (Å²) >= 11 is 0. The van der Waals surface area contributed by atoms with Crippen molar-refractivity contribution >= 4 is 28.8 Å². The third-order valence-corrected chi connectivity index (χ3v) is 6.12. The number of nitrogen functional groups attached to an aromatic ring is 2. The van der Waals surface area contributed by atoms with Crippen molar-refractivity contribution < 1.29 is 9.53 Å². The summed E-state index contributed by atoms with van der Waals surface area (Å²) in [7, 11) is 0. The van der Waals surface area contributed by atoms with Gasteiger partial charge in [-0.05, 0) is 107 Å². The zero-order valence-electron chi connectivity index (χ0n) is 20.1. The number of carbonyl (C=O) groups excluding carboxylic acids is 1. The molecule has 0 saturated carbocycles. The molecule has 0 bridgehead atoms. The van der Waals surface area contributed by atoms with Gasteiger partial charge in [0.25, 0.3) is 0 Å². The quantitative estimate of drug-likeness (QED) is 0.601. The summed E-state index contributed by atoms with van der Waals surface area (Å²) in [4.78, 5) is 17.2. The van der Waals surface area contributed by atoms with E-state index in [0.717, 1.165) is 55.0 Å². The fraction of sp³-hybridized carbons (Fsp3) is 0.500. The van der Waals surface area contributed by atoms with Gasteiger partial charge in [-0.15, -0.1) is 0 Å². The van der Waals surface area contributed by atoms with Gasteiger partial charge >= 0.3 is 6.09 Å². The van der Waals surface area contributed by atoms with Crippen molar-refractivity contribution in [1.82, 2.24) is 0 Å². The van der Waals surface area contributed by atoms with Crippen molar-refractivity contribution in [3.05, 3.63) is 47.5 Å². The summed E-state index contributed by atoms with van der Waals surface area (Å²) in [5, 5.41) is 0. The molecule has 0 spiro atoms. The summed E-state index contributed by atoms with van der Waals surface area (Å²) in [5.74, 6) is 0.570. The van der Waals surface area contributed by atoms with Crippen LogP contribution in [0.25, 0.3) is 0 Å². The molecule has 1 fully saturated rings. The summed E-state index contributed by atoms with van der Waals surface area (Å²) in [6.07, 6.45) is 2.84. The van der Waals surface area contributed by atoms with E-state index in [4.69, 9.17) is 16.2 Å². The second kappa shape index (κ2) is 9.72. The minimum Gasteiger partial charge on any atom is -0.443 e. The second-order valence-electron chi connectivity index (χ2n) is 9.94. The second-order valence-corrected chi connectivity index (χ2v) is 9.94. The smallest absolute Gasteiger partial charge is 0.414 e. The average Bonchev–Trinajstić information content (AvgIpc) is 2.70. The Morgan fingerprint density at radius 3 is 2.34 bits per heavy atom. The Kier molecular flexibility index (Phi) is 7.22. The molecule has 1 amide bonds. The Morgan fingerprint density at radius 1 is 1.06 bits per heavy atom. The van der Waals surface area contributed by atoms with Crippen molar-refractivity contribution in [2.24, 2.45) is 5.92 Å². The van der Waals surface area contributed by atoms with Crippen molar-refractivity contribution in [2.75, 3.05) is 40.9 Å². The van der Waals surface area contributed by atoms with E-state index in [1.165, 1.54) is 11.3 Å². The number of hydrogen-bond donors (Lipinski definition) is 2. The molecule has 6 nitrogen and oxygen atoms in total. The molecule has 0 aromatic heterocycles. The molecule has 0 unspecified atom stereocenters. The molecule has 32 heavy (non-hydrogen) atoms. The molecule has 1 aliphatic rings. The minimum atomic E-state index is -0.541. The number of nitrogens with zero attached hydrogens (tertiary/aromatic N) is 2. The first-order valence-corrected chi connectivity index (χ1v) is 11.5. The molecule has 4 N–H and O–H groups in total. The van der Waals surface area contributed by atoms with Gasteiger partial charge in [0.15, 0.2) is 0 Å². The molecule has 0 aliphatic carbocycles. The van der Waals surface area contributed by atoms with E-state index in [1.807, 2.05) is 58.0 Å².